The van der Waals surface area contributed by atoms with Crippen molar-refractivity contribution in [3.8, 4) is 0 Å². The summed E-state index contributed by atoms with van der Waals surface area (Å²) in [6, 6.07) is 1.75. The molecule has 1 aromatic rings. The molecule has 100 valence electrons. The topological polar surface area (TPSA) is 42.2 Å². The van der Waals surface area contributed by atoms with E-state index in [1.165, 1.54) is 32.1 Å². The number of rotatable bonds is 4. The number of hydrogen-bond donors (Lipinski definition) is 1. The molecule has 1 fully saturated rings. The van der Waals surface area contributed by atoms with Gasteiger partial charge < -0.3 is 9.67 Å². The van der Waals surface area contributed by atoms with E-state index in [9.17, 15) is 9.90 Å². The molecule has 0 spiro atoms. The zero-order valence-corrected chi connectivity index (χ0v) is 13.5. The van der Waals surface area contributed by atoms with E-state index in [-0.39, 0.29) is 4.75 Å². The lowest BCUT2D eigenvalue weighted by molar-refractivity contribution is 0.0684. The minimum absolute atomic E-state index is 0.227. The van der Waals surface area contributed by atoms with E-state index in [1.807, 2.05) is 22.5 Å². The van der Waals surface area contributed by atoms with Crippen molar-refractivity contribution in [3.63, 3.8) is 0 Å². The van der Waals surface area contributed by atoms with Crippen molar-refractivity contribution in [2.24, 2.45) is 0 Å². The normalized spacial score (nSPS) is 18.8. The van der Waals surface area contributed by atoms with Crippen LogP contribution in [0, 0.1) is 3.57 Å². The first-order valence-electron chi connectivity index (χ1n) is 6.20. The van der Waals surface area contributed by atoms with Crippen LogP contribution in [-0.4, -0.2) is 26.6 Å². The third kappa shape index (κ3) is 3.04. The molecular formula is C13H18INO2S. The van der Waals surface area contributed by atoms with E-state index in [0.717, 1.165) is 10.1 Å². The predicted molar refractivity (Wildman–Crippen MR) is 83.4 cm³/mol. The highest BCUT2D eigenvalue weighted by Gasteiger charge is 2.32. The van der Waals surface area contributed by atoms with Crippen molar-refractivity contribution >= 4 is 40.3 Å². The lowest BCUT2D eigenvalue weighted by Crippen LogP contribution is -2.33. The van der Waals surface area contributed by atoms with Gasteiger partial charge in [0.15, 0.2) is 0 Å². The van der Waals surface area contributed by atoms with E-state index >= 15 is 0 Å². The summed E-state index contributed by atoms with van der Waals surface area (Å²) >= 11 is 4.08. The van der Waals surface area contributed by atoms with Crippen molar-refractivity contribution < 1.29 is 9.90 Å². The molecule has 0 aromatic carbocycles. The fourth-order valence-electron chi connectivity index (χ4n) is 2.72. The SMILES string of the molecule is CSC1(Cn2cc(I)cc2C(=O)O)CCCCC1. The smallest absolute Gasteiger partial charge is 0.352 e. The number of aromatic nitrogens is 1. The van der Waals surface area contributed by atoms with Crippen LogP contribution in [0.25, 0.3) is 0 Å². The monoisotopic (exact) mass is 379 g/mol. The zero-order chi connectivity index (χ0) is 13.2. The first-order chi connectivity index (χ1) is 8.56. The van der Waals surface area contributed by atoms with Crippen molar-refractivity contribution in [1.29, 1.82) is 0 Å². The number of carbonyl (C=O) groups is 1. The second-order valence-electron chi connectivity index (χ2n) is 4.92. The van der Waals surface area contributed by atoms with Crippen LogP contribution in [0.1, 0.15) is 42.6 Å². The summed E-state index contributed by atoms with van der Waals surface area (Å²) in [7, 11) is 0. The number of carboxylic acids is 1. The summed E-state index contributed by atoms with van der Waals surface area (Å²) in [5.41, 5.74) is 0.415. The van der Waals surface area contributed by atoms with Crippen molar-refractivity contribution in [2.75, 3.05) is 6.26 Å². The summed E-state index contributed by atoms with van der Waals surface area (Å²) < 4.78 is 3.15. The van der Waals surface area contributed by atoms with Crippen LogP contribution in [0.3, 0.4) is 0 Å². The number of thioether (sulfide) groups is 1. The van der Waals surface area contributed by atoms with Crippen molar-refractivity contribution in [1.82, 2.24) is 4.57 Å². The fraction of sp³-hybridized carbons (Fsp3) is 0.615. The van der Waals surface area contributed by atoms with Crippen LogP contribution in [0.2, 0.25) is 0 Å². The van der Waals surface area contributed by atoms with Crippen LogP contribution in [-0.2, 0) is 6.54 Å². The lowest BCUT2D eigenvalue weighted by atomic mass is 9.88. The van der Waals surface area contributed by atoms with E-state index < -0.39 is 5.97 Å². The summed E-state index contributed by atoms with van der Waals surface area (Å²) in [6.07, 6.45) is 10.3. The van der Waals surface area contributed by atoms with Gasteiger partial charge in [-0.1, -0.05) is 19.3 Å². The zero-order valence-electron chi connectivity index (χ0n) is 10.5. The van der Waals surface area contributed by atoms with Crippen LogP contribution in [0.4, 0.5) is 0 Å². The number of hydrogen-bond acceptors (Lipinski definition) is 2. The molecule has 0 saturated heterocycles. The maximum Gasteiger partial charge on any atom is 0.352 e. The highest BCUT2D eigenvalue weighted by atomic mass is 127. The Morgan fingerprint density at radius 3 is 2.72 bits per heavy atom. The van der Waals surface area contributed by atoms with Gasteiger partial charge >= 0.3 is 5.97 Å². The van der Waals surface area contributed by atoms with Crippen molar-refractivity contribution in [2.45, 2.75) is 43.4 Å². The van der Waals surface area contributed by atoms with E-state index in [2.05, 4.69) is 28.8 Å². The minimum Gasteiger partial charge on any atom is -0.477 e. The number of nitrogens with zero attached hydrogens (tertiary/aromatic N) is 1. The molecule has 1 aromatic heterocycles. The van der Waals surface area contributed by atoms with Gasteiger partial charge in [0.05, 0.1) is 0 Å². The van der Waals surface area contributed by atoms with Gasteiger partial charge in [-0.3, -0.25) is 0 Å². The lowest BCUT2D eigenvalue weighted by Gasteiger charge is -2.36. The third-order valence-corrected chi connectivity index (χ3v) is 5.73. The molecule has 1 N–H and O–H groups in total. The molecule has 3 nitrogen and oxygen atoms in total. The molecule has 0 amide bonds. The van der Waals surface area contributed by atoms with E-state index in [0.29, 0.717) is 5.69 Å². The van der Waals surface area contributed by atoms with Gasteiger partial charge in [-0.15, -0.1) is 0 Å². The first kappa shape index (κ1) is 14.2. The summed E-state index contributed by atoms with van der Waals surface area (Å²) in [6.45, 7) is 0.818. The Morgan fingerprint density at radius 2 is 2.17 bits per heavy atom. The molecule has 0 unspecified atom stereocenters. The average molecular weight is 379 g/mol. The molecule has 1 aliphatic rings. The van der Waals surface area contributed by atoms with Gasteiger partial charge in [-0.25, -0.2) is 4.79 Å². The first-order valence-corrected chi connectivity index (χ1v) is 8.51. The van der Waals surface area contributed by atoms with Crippen LogP contribution >= 0.6 is 34.4 Å². The van der Waals surface area contributed by atoms with Crippen LogP contribution in [0.15, 0.2) is 12.3 Å². The Balaban J connectivity index is 2.23. The van der Waals surface area contributed by atoms with Gasteiger partial charge in [0.25, 0.3) is 0 Å². The average Bonchev–Trinajstić information content (AvgIpc) is 2.71. The number of halogens is 1. The Kier molecular flexibility index (Phi) is 4.64. The molecule has 2 rings (SSSR count). The summed E-state index contributed by atoms with van der Waals surface area (Å²) in [5, 5.41) is 9.23. The number of aromatic carboxylic acids is 1. The Bertz CT molecular complexity index is 438. The quantitative estimate of drug-likeness (QED) is 0.808. The fourth-order valence-corrected chi connectivity index (χ4v) is 4.31. The molecular weight excluding hydrogens is 361 g/mol. The predicted octanol–water partition coefficient (Wildman–Crippen LogP) is 3.86. The molecule has 0 radical (unpaired) electrons. The largest absolute Gasteiger partial charge is 0.477 e. The van der Waals surface area contributed by atoms with E-state index in [1.54, 1.807) is 6.07 Å². The molecule has 1 saturated carbocycles. The highest BCUT2D eigenvalue weighted by Crippen LogP contribution is 2.40. The van der Waals surface area contributed by atoms with Gasteiger partial charge in [0.2, 0.25) is 0 Å². The van der Waals surface area contributed by atoms with Crippen LogP contribution in [0.5, 0.6) is 0 Å². The maximum absolute atomic E-state index is 11.2. The molecule has 0 atom stereocenters. The summed E-state index contributed by atoms with van der Waals surface area (Å²) in [4.78, 5) is 11.2. The van der Waals surface area contributed by atoms with Gasteiger partial charge in [0.1, 0.15) is 5.69 Å². The van der Waals surface area contributed by atoms with Gasteiger partial charge in [-0.05, 0) is 47.8 Å². The Morgan fingerprint density at radius 1 is 1.50 bits per heavy atom. The van der Waals surface area contributed by atoms with Gasteiger partial charge in [-0.2, -0.15) is 11.8 Å². The standard InChI is InChI=1S/C13H18INO2S/c1-18-13(5-3-2-4-6-13)9-15-8-10(14)7-11(15)12(16)17/h7-8H,2-6,9H2,1H3,(H,16,17). The van der Waals surface area contributed by atoms with Crippen molar-refractivity contribution in [3.05, 3.63) is 21.5 Å². The minimum atomic E-state index is -0.829. The highest BCUT2D eigenvalue weighted by molar-refractivity contribution is 14.1. The van der Waals surface area contributed by atoms with E-state index in [4.69, 9.17) is 0 Å². The molecule has 18 heavy (non-hydrogen) atoms. The second-order valence-corrected chi connectivity index (χ2v) is 7.44. The molecule has 1 aliphatic carbocycles. The Labute approximate surface area is 125 Å². The maximum atomic E-state index is 11.2. The molecule has 0 bridgehead atoms. The molecule has 1 heterocycles. The molecule has 0 aliphatic heterocycles. The Hall–Kier alpha value is -0.170. The van der Waals surface area contributed by atoms with Crippen LogP contribution < -0.4 is 0 Å². The number of carboxylic acid groups (broad SMARTS) is 1. The molecule has 5 heteroatoms. The summed E-state index contributed by atoms with van der Waals surface area (Å²) in [5.74, 6) is -0.829. The second kappa shape index (κ2) is 5.86. The third-order valence-electron chi connectivity index (χ3n) is 3.74. The van der Waals surface area contributed by atoms with Gasteiger partial charge in [0, 0.05) is 21.1 Å².